The van der Waals surface area contributed by atoms with Crippen molar-refractivity contribution in [3.05, 3.63) is 59.7 Å². The second-order valence-electron chi connectivity index (χ2n) is 4.94. The van der Waals surface area contributed by atoms with Gasteiger partial charge in [-0.15, -0.1) is 16.9 Å². The number of rotatable bonds is 4. The Morgan fingerprint density at radius 3 is 2.74 bits per heavy atom. The van der Waals surface area contributed by atoms with Crippen LogP contribution in [-0.2, 0) is 0 Å². The molecule has 0 radical (unpaired) electrons. The van der Waals surface area contributed by atoms with Crippen LogP contribution in [-0.4, -0.2) is 22.4 Å². The molecule has 0 unspecified atom stereocenters. The Morgan fingerprint density at radius 2 is 1.96 bits per heavy atom. The highest BCUT2D eigenvalue weighted by Crippen LogP contribution is 2.23. The summed E-state index contributed by atoms with van der Waals surface area (Å²) < 4.78 is 5.53. The van der Waals surface area contributed by atoms with Crippen LogP contribution in [0.3, 0.4) is 0 Å². The van der Waals surface area contributed by atoms with Gasteiger partial charge in [-0.2, -0.15) is 0 Å². The maximum atomic E-state index is 12.3. The first-order chi connectivity index (χ1) is 11.2. The Bertz CT molecular complexity index is 845. The monoisotopic (exact) mass is 325 g/mol. The number of benzene rings is 2. The van der Waals surface area contributed by atoms with Crippen LogP contribution in [0.2, 0.25) is 0 Å². The van der Waals surface area contributed by atoms with Gasteiger partial charge in [0.15, 0.2) is 0 Å². The van der Waals surface area contributed by atoms with E-state index >= 15 is 0 Å². The van der Waals surface area contributed by atoms with E-state index in [1.807, 2.05) is 55.6 Å². The Balaban J connectivity index is 1.80. The van der Waals surface area contributed by atoms with Crippen LogP contribution in [0.25, 0.3) is 11.5 Å². The normalized spacial score (nSPS) is 10.5. The first-order valence-electron chi connectivity index (χ1n) is 7.02. The molecule has 23 heavy (non-hydrogen) atoms. The van der Waals surface area contributed by atoms with Crippen LogP contribution in [0.4, 0.5) is 6.01 Å². The molecule has 1 N–H and O–H groups in total. The molecule has 0 fully saturated rings. The number of carbonyl (C=O) groups is 1. The highest BCUT2D eigenvalue weighted by atomic mass is 32.2. The number of thioether (sulfide) groups is 1. The van der Waals surface area contributed by atoms with Gasteiger partial charge in [0, 0.05) is 10.5 Å². The molecule has 1 amide bonds. The zero-order valence-corrected chi connectivity index (χ0v) is 13.6. The lowest BCUT2D eigenvalue weighted by molar-refractivity contribution is 0.102. The van der Waals surface area contributed by atoms with Crippen molar-refractivity contribution < 1.29 is 9.21 Å². The summed E-state index contributed by atoms with van der Waals surface area (Å²) in [6, 6.07) is 15.2. The summed E-state index contributed by atoms with van der Waals surface area (Å²) in [4.78, 5) is 13.2. The predicted octanol–water partition coefficient (Wildman–Crippen LogP) is 4.02. The number of aryl methyl sites for hydroxylation is 1. The number of nitrogens with zero attached hydrogens (tertiary/aromatic N) is 2. The molecule has 6 heteroatoms. The summed E-state index contributed by atoms with van der Waals surface area (Å²) in [5, 5.41) is 10.5. The molecular weight excluding hydrogens is 310 g/mol. The van der Waals surface area contributed by atoms with Crippen molar-refractivity contribution in [2.45, 2.75) is 11.8 Å². The fourth-order valence-electron chi connectivity index (χ4n) is 2.17. The van der Waals surface area contributed by atoms with Crippen molar-refractivity contribution >= 4 is 23.7 Å². The van der Waals surface area contributed by atoms with Crippen LogP contribution >= 0.6 is 11.8 Å². The second kappa shape index (κ2) is 6.66. The molecule has 1 aromatic heterocycles. The third-order valence-corrected chi connectivity index (χ3v) is 4.06. The fraction of sp³-hybridized carbons (Fsp3) is 0.118. The second-order valence-corrected chi connectivity index (χ2v) is 5.78. The van der Waals surface area contributed by atoms with Gasteiger partial charge >= 0.3 is 6.01 Å². The van der Waals surface area contributed by atoms with Gasteiger partial charge in [0.05, 0.1) is 5.56 Å². The number of anilines is 1. The topological polar surface area (TPSA) is 68.0 Å². The third kappa shape index (κ3) is 3.43. The van der Waals surface area contributed by atoms with Crippen molar-refractivity contribution in [2.75, 3.05) is 11.6 Å². The van der Waals surface area contributed by atoms with Crippen LogP contribution in [0.1, 0.15) is 15.9 Å². The number of aromatic nitrogens is 2. The van der Waals surface area contributed by atoms with Gasteiger partial charge in [0.2, 0.25) is 5.89 Å². The van der Waals surface area contributed by atoms with Crippen LogP contribution in [0.5, 0.6) is 0 Å². The molecule has 0 bridgehead atoms. The number of hydrogen-bond acceptors (Lipinski definition) is 5. The minimum Gasteiger partial charge on any atom is -0.403 e. The molecule has 0 spiro atoms. The summed E-state index contributed by atoms with van der Waals surface area (Å²) in [5.74, 6) is 0.108. The lowest BCUT2D eigenvalue weighted by Gasteiger charge is -2.05. The van der Waals surface area contributed by atoms with Crippen molar-refractivity contribution in [1.82, 2.24) is 10.2 Å². The molecule has 1 heterocycles. The molecule has 0 aliphatic carbocycles. The largest absolute Gasteiger partial charge is 0.403 e. The number of hydrogen-bond donors (Lipinski definition) is 1. The molecule has 3 aromatic rings. The molecule has 3 rings (SSSR count). The average Bonchev–Trinajstić information content (AvgIpc) is 3.03. The number of carbonyl (C=O) groups excluding carboxylic acids is 1. The van der Waals surface area contributed by atoms with Crippen LogP contribution in [0.15, 0.2) is 57.8 Å². The van der Waals surface area contributed by atoms with Gasteiger partial charge < -0.3 is 4.42 Å². The van der Waals surface area contributed by atoms with E-state index in [4.69, 9.17) is 4.42 Å². The standard InChI is InChI=1S/C17H15N3O2S/c1-11-6-5-7-12(10-11)16-19-20-17(22-16)18-15(21)13-8-3-4-9-14(13)23-2/h3-10H,1-2H3,(H,18,20,21). The van der Waals surface area contributed by atoms with Crippen molar-refractivity contribution in [2.24, 2.45) is 0 Å². The van der Waals surface area contributed by atoms with E-state index in [2.05, 4.69) is 15.5 Å². The molecule has 0 aliphatic heterocycles. The van der Waals surface area contributed by atoms with Crippen LogP contribution in [0, 0.1) is 6.92 Å². The lowest BCUT2D eigenvalue weighted by atomic mass is 10.1. The van der Waals surface area contributed by atoms with E-state index in [1.54, 1.807) is 6.07 Å². The average molecular weight is 325 g/mol. The van der Waals surface area contributed by atoms with Gasteiger partial charge in [0.25, 0.3) is 5.91 Å². The van der Waals surface area contributed by atoms with Crippen molar-refractivity contribution in [1.29, 1.82) is 0 Å². The number of nitrogens with one attached hydrogen (secondary N) is 1. The van der Waals surface area contributed by atoms with Gasteiger partial charge in [-0.1, -0.05) is 34.9 Å². The summed E-state index contributed by atoms with van der Waals surface area (Å²) in [6.07, 6.45) is 1.93. The van der Waals surface area contributed by atoms with E-state index in [0.29, 0.717) is 11.5 Å². The van der Waals surface area contributed by atoms with Crippen molar-refractivity contribution in [3.8, 4) is 11.5 Å². The zero-order valence-electron chi connectivity index (χ0n) is 12.7. The summed E-state index contributed by atoms with van der Waals surface area (Å²) >= 11 is 1.51. The summed E-state index contributed by atoms with van der Waals surface area (Å²) in [7, 11) is 0. The Morgan fingerprint density at radius 1 is 1.13 bits per heavy atom. The van der Waals surface area contributed by atoms with Crippen LogP contribution < -0.4 is 5.32 Å². The van der Waals surface area contributed by atoms with E-state index in [1.165, 1.54) is 11.8 Å². The maximum Gasteiger partial charge on any atom is 0.322 e. The molecule has 0 saturated carbocycles. The summed E-state index contributed by atoms with van der Waals surface area (Å²) in [5.41, 5.74) is 2.50. The molecule has 2 aromatic carbocycles. The van der Waals surface area contributed by atoms with E-state index < -0.39 is 0 Å². The quantitative estimate of drug-likeness (QED) is 0.734. The molecule has 116 valence electrons. The van der Waals surface area contributed by atoms with E-state index in [-0.39, 0.29) is 11.9 Å². The molecule has 0 saturated heterocycles. The number of amides is 1. The fourth-order valence-corrected chi connectivity index (χ4v) is 2.76. The van der Waals surface area contributed by atoms with Crippen molar-refractivity contribution in [3.63, 3.8) is 0 Å². The Kier molecular flexibility index (Phi) is 4.43. The SMILES string of the molecule is CSc1ccccc1C(=O)Nc1nnc(-c2cccc(C)c2)o1. The Labute approximate surface area is 138 Å². The highest BCUT2D eigenvalue weighted by Gasteiger charge is 2.15. The smallest absolute Gasteiger partial charge is 0.322 e. The first kappa shape index (κ1) is 15.3. The highest BCUT2D eigenvalue weighted by molar-refractivity contribution is 7.98. The van der Waals surface area contributed by atoms with Gasteiger partial charge in [-0.25, -0.2) is 0 Å². The first-order valence-corrected chi connectivity index (χ1v) is 8.25. The Hall–Kier alpha value is -2.60. The maximum absolute atomic E-state index is 12.3. The van der Waals surface area contributed by atoms with Gasteiger partial charge in [0.1, 0.15) is 0 Å². The third-order valence-electron chi connectivity index (χ3n) is 3.26. The summed E-state index contributed by atoms with van der Waals surface area (Å²) in [6.45, 7) is 1.99. The zero-order chi connectivity index (χ0) is 16.2. The van der Waals surface area contributed by atoms with Gasteiger partial charge in [-0.3, -0.25) is 10.1 Å². The minimum atomic E-state index is -0.269. The van der Waals surface area contributed by atoms with Gasteiger partial charge in [-0.05, 0) is 37.4 Å². The molecule has 5 nitrogen and oxygen atoms in total. The molecule has 0 atom stereocenters. The minimum absolute atomic E-state index is 0.0856. The van der Waals surface area contributed by atoms with E-state index in [0.717, 1.165) is 16.0 Å². The molecule has 0 aliphatic rings. The van der Waals surface area contributed by atoms with E-state index in [9.17, 15) is 4.79 Å². The lowest BCUT2D eigenvalue weighted by Crippen LogP contribution is -2.13. The molecular formula is C17H15N3O2S. The predicted molar refractivity (Wildman–Crippen MR) is 90.6 cm³/mol.